The van der Waals surface area contributed by atoms with E-state index in [1.54, 1.807) is 6.07 Å². The maximum absolute atomic E-state index is 10.8. The summed E-state index contributed by atoms with van der Waals surface area (Å²) in [4.78, 5) is 10.8. The molecule has 0 fully saturated rings. The number of benzene rings is 1. The molecule has 0 aromatic heterocycles. The van der Waals surface area contributed by atoms with Crippen LogP contribution >= 0.6 is 0 Å². The molecule has 1 rings (SSSR count). The lowest BCUT2D eigenvalue weighted by molar-refractivity contribution is 0.0696. The molecule has 0 spiro atoms. The molecule has 1 unspecified atom stereocenters. The molecule has 0 amide bonds. The van der Waals surface area contributed by atoms with Crippen molar-refractivity contribution < 1.29 is 24.5 Å². The summed E-state index contributed by atoms with van der Waals surface area (Å²) in [6.45, 7) is 2.14. The van der Waals surface area contributed by atoms with Crippen molar-refractivity contribution in [3.8, 4) is 11.5 Å². The average molecular weight is 240 g/mol. The third kappa shape index (κ3) is 3.64. The molecule has 5 heteroatoms. The summed E-state index contributed by atoms with van der Waals surface area (Å²) in [6, 6.07) is 4.40. The molecule has 0 radical (unpaired) electrons. The van der Waals surface area contributed by atoms with Gasteiger partial charge in [-0.3, -0.25) is 0 Å². The number of hydrogen-bond donors (Lipinski definition) is 2. The van der Waals surface area contributed by atoms with Crippen LogP contribution in [0.2, 0.25) is 0 Å². The van der Waals surface area contributed by atoms with Crippen molar-refractivity contribution >= 4 is 5.97 Å². The minimum atomic E-state index is -1.02. The van der Waals surface area contributed by atoms with Gasteiger partial charge in [0, 0.05) is 12.5 Å². The summed E-state index contributed by atoms with van der Waals surface area (Å²) < 4.78 is 10.5. The second-order valence-corrected chi connectivity index (χ2v) is 3.77. The number of aliphatic hydroxyl groups is 1. The standard InChI is InChI=1S/C12H16O5/c1-8(6-13)7-17-11-5-9(12(14)15)3-4-10(11)16-2/h3-5,8,13H,6-7H2,1-2H3,(H,14,15). The first-order valence-electron chi connectivity index (χ1n) is 5.23. The summed E-state index contributed by atoms with van der Waals surface area (Å²) in [6.07, 6.45) is 0. The topological polar surface area (TPSA) is 76.0 Å². The summed E-state index contributed by atoms with van der Waals surface area (Å²) in [5.41, 5.74) is 0.137. The third-order valence-electron chi connectivity index (χ3n) is 2.25. The van der Waals surface area contributed by atoms with E-state index < -0.39 is 5.97 Å². The number of hydrogen-bond acceptors (Lipinski definition) is 4. The zero-order valence-corrected chi connectivity index (χ0v) is 9.84. The Bertz CT molecular complexity index is 388. The first-order valence-corrected chi connectivity index (χ1v) is 5.23. The second kappa shape index (κ2) is 6.10. The summed E-state index contributed by atoms with van der Waals surface area (Å²) in [5, 5.41) is 17.7. The predicted molar refractivity (Wildman–Crippen MR) is 61.7 cm³/mol. The molecule has 5 nitrogen and oxygen atoms in total. The van der Waals surface area contributed by atoms with Crippen molar-refractivity contribution in [2.45, 2.75) is 6.92 Å². The molecule has 1 aromatic rings. The quantitative estimate of drug-likeness (QED) is 0.786. The number of rotatable bonds is 6. The van der Waals surface area contributed by atoms with E-state index in [4.69, 9.17) is 19.7 Å². The van der Waals surface area contributed by atoms with E-state index >= 15 is 0 Å². The number of carboxylic acids is 1. The number of carboxylic acid groups (broad SMARTS) is 1. The van der Waals surface area contributed by atoms with Gasteiger partial charge in [-0.05, 0) is 18.2 Å². The highest BCUT2D eigenvalue weighted by molar-refractivity contribution is 5.88. The normalized spacial score (nSPS) is 11.9. The van der Waals surface area contributed by atoms with E-state index in [1.165, 1.54) is 19.2 Å². The minimum absolute atomic E-state index is 0.0148. The zero-order valence-electron chi connectivity index (χ0n) is 9.84. The van der Waals surface area contributed by atoms with Crippen molar-refractivity contribution in [2.75, 3.05) is 20.3 Å². The number of carbonyl (C=O) groups is 1. The van der Waals surface area contributed by atoms with Gasteiger partial charge < -0.3 is 19.7 Å². The Morgan fingerprint density at radius 1 is 1.41 bits per heavy atom. The molecule has 0 bridgehead atoms. The SMILES string of the molecule is COc1ccc(C(=O)O)cc1OCC(C)CO. The molecule has 0 aliphatic carbocycles. The lowest BCUT2D eigenvalue weighted by Gasteiger charge is -2.13. The molecule has 1 atom stereocenters. The van der Waals surface area contributed by atoms with Gasteiger partial charge in [-0.1, -0.05) is 6.92 Å². The van der Waals surface area contributed by atoms with Crippen LogP contribution in [0.15, 0.2) is 18.2 Å². The minimum Gasteiger partial charge on any atom is -0.493 e. The molecule has 0 aliphatic rings. The van der Waals surface area contributed by atoms with Gasteiger partial charge in [0.15, 0.2) is 11.5 Å². The van der Waals surface area contributed by atoms with Crippen LogP contribution in [0.5, 0.6) is 11.5 Å². The van der Waals surface area contributed by atoms with Gasteiger partial charge in [0.2, 0.25) is 0 Å². The summed E-state index contributed by atoms with van der Waals surface area (Å²) in [7, 11) is 1.48. The Kier molecular flexibility index (Phi) is 4.78. The summed E-state index contributed by atoms with van der Waals surface area (Å²) >= 11 is 0. The number of ether oxygens (including phenoxy) is 2. The molecule has 0 saturated heterocycles. The van der Waals surface area contributed by atoms with Crippen LogP contribution in [0.4, 0.5) is 0 Å². The molecule has 0 aliphatic heterocycles. The molecule has 0 heterocycles. The summed E-state index contributed by atoms with van der Waals surface area (Å²) in [5.74, 6) is -0.200. The van der Waals surface area contributed by atoms with Gasteiger partial charge in [0.1, 0.15) is 0 Å². The monoisotopic (exact) mass is 240 g/mol. The fourth-order valence-corrected chi connectivity index (χ4v) is 1.21. The fourth-order valence-electron chi connectivity index (χ4n) is 1.21. The highest BCUT2D eigenvalue weighted by atomic mass is 16.5. The van der Waals surface area contributed by atoms with Gasteiger partial charge >= 0.3 is 5.97 Å². The molecular formula is C12H16O5. The van der Waals surface area contributed by atoms with Crippen LogP contribution in [-0.4, -0.2) is 36.5 Å². The lowest BCUT2D eigenvalue weighted by Crippen LogP contribution is -2.13. The van der Waals surface area contributed by atoms with Crippen LogP contribution in [-0.2, 0) is 0 Å². The van der Waals surface area contributed by atoms with Crippen LogP contribution in [0.25, 0.3) is 0 Å². The molecule has 2 N–H and O–H groups in total. The van der Waals surface area contributed by atoms with E-state index in [0.29, 0.717) is 18.1 Å². The van der Waals surface area contributed by atoms with Crippen LogP contribution in [0.3, 0.4) is 0 Å². The Labute approximate surface area is 99.6 Å². The Morgan fingerprint density at radius 2 is 2.12 bits per heavy atom. The van der Waals surface area contributed by atoms with Crippen molar-refractivity contribution in [2.24, 2.45) is 5.92 Å². The highest BCUT2D eigenvalue weighted by Crippen LogP contribution is 2.28. The highest BCUT2D eigenvalue weighted by Gasteiger charge is 2.11. The number of aromatic carboxylic acids is 1. The van der Waals surface area contributed by atoms with E-state index in [-0.39, 0.29) is 18.1 Å². The van der Waals surface area contributed by atoms with Crippen LogP contribution in [0, 0.1) is 5.92 Å². The third-order valence-corrected chi connectivity index (χ3v) is 2.25. The van der Waals surface area contributed by atoms with E-state index in [9.17, 15) is 4.79 Å². The zero-order chi connectivity index (χ0) is 12.8. The molecule has 17 heavy (non-hydrogen) atoms. The Morgan fingerprint density at radius 3 is 2.65 bits per heavy atom. The van der Waals surface area contributed by atoms with E-state index in [0.717, 1.165) is 0 Å². The van der Waals surface area contributed by atoms with Crippen molar-refractivity contribution in [3.63, 3.8) is 0 Å². The maximum Gasteiger partial charge on any atom is 0.335 e. The van der Waals surface area contributed by atoms with Crippen molar-refractivity contribution in [1.29, 1.82) is 0 Å². The molecule has 94 valence electrons. The largest absolute Gasteiger partial charge is 0.493 e. The molecular weight excluding hydrogens is 224 g/mol. The van der Waals surface area contributed by atoms with Gasteiger partial charge in [0.25, 0.3) is 0 Å². The number of aliphatic hydroxyl groups excluding tert-OH is 1. The fraction of sp³-hybridized carbons (Fsp3) is 0.417. The van der Waals surface area contributed by atoms with E-state index in [2.05, 4.69) is 0 Å². The van der Waals surface area contributed by atoms with Crippen LogP contribution < -0.4 is 9.47 Å². The lowest BCUT2D eigenvalue weighted by atomic mass is 10.2. The van der Waals surface area contributed by atoms with Crippen molar-refractivity contribution in [1.82, 2.24) is 0 Å². The van der Waals surface area contributed by atoms with Gasteiger partial charge in [-0.2, -0.15) is 0 Å². The second-order valence-electron chi connectivity index (χ2n) is 3.77. The van der Waals surface area contributed by atoms with Gasteiger partial charge in [-0.15, -0.1) is 0 Å². The first kappa shape index (κ1) is 13.3. The smallest absolute Gasteiger partial charge is 0.335 e. The Hall–Kier alpha value is -1.75. The average Bonchev–Trinajstić information content (AvgIpc) is 2.35. The van der Waals surface area contributed by atoms with Crippen molar-refractivity contribution in [3.05, 3.63) is 23.8 Å². The van der Waals surface area contributed by atoms with Gasteiger partial charge in [-0.25, -0.2) is 4.79 Å². The van der Waals surface area contributed by atoms with E-state index in [1.807, 2.05) is 6.92 Å². The predicted octanol–water partition coefficient (Wildman–Crippen LogP) is 1.40. The van der Waals surface area contributed by atoms with Gasteiger partial charge in [0.05, 0.1) is 19.3 Å². The number of methoxy groups -OCH3 is 1. The molecule has 0 saturated carbocycles. The Balaban J connectivity index is 2.86. The first-order chi connectivity index (χ1) is 8.08. The van der Waals surface area contributed by atoms with Crippen LogP contribution in [0.1, 0.15) is 17.3 Å². The molecule has 1 aromatic carbocycles. The maximum atomic E-state index is 10.8.